The van der Waals surface area contributed by atoms with Gasteiger partial charge in [0.2, 0.25) is 11.5 Å². The first-order valence-electron chi connectivity index (χ1n) is 11.5. The largest absolute Gasteiger partial charge is 0.497 e. The first-order chi connectivity index (χ1) is 17.6. The smallest absolute Gasteiger partial charge is 0.312 e. The van der Waals surface area contributed by atoms with Gasteiger partial charge >= 0.3 is 5.97 Å². The molecule has 0 radical (unpaired) electrons. The molecule has 0 fully saturated rings. The molecule has 3 aromatic rings. The number of methoxy groups -OCH3 is 2. The molecule has 3 heterocycles. The van der Waals surface area contributed by atoms with Crippen LogP contribution in [0.3, 0.4) is 0 Å². The molecular weight excluding hydrogens is 464 g/mol. The Morgan fingerprint density at radius 2 is 1.67 bits per heavy atom. The van der Waals surface area contributed by atoms with Crippen molar-refractivity contribution in [3.05, 3.63) is 76.5 Å². The van der Waals surface area contributed by atoms with Crippen LogP contribution in [0.4, 0.5) is 0 Å². The number of hydrogen-bond acceptors (Lipinski definition) is 8. The fraction of sp³-hybridized carbons (Fsp3) is 0.214. The summed E-state index contributed by atoms with van der Waals surface area (Å²) in [4.78, 5) is 25.8. The van der Waals surface area contributed by atoms with E-state index >= 15 is 0 Å². The molecule has 3 aliphatic rings. The molecule has 3 aliphatic heterocycles. The molecule has 8 nitrogen and oxygen atoms in total. The number of carbonyl (C=O) groups is 2. The third-order valence-electron chi connectivity index (χ3n) is 6.45. The predicted octanol–water partition coefficient (Wildman–Crippen LogP) is 4.53. The average Bonchev–Trinajstić information content (AvgIpc) is 3.22. The van der Waals surface area contributed by atoms with Gasteiger partial charge in [-0.3, -0.25) is 9.59 Å². The van der Waals surface area contributed by atoms with Crippen molar-refractivity contribution in [3.8, 4) is 34.5 Å². The second-order valence-electron chi connectivity index (χ2n) is 8.55. The number of esters is 1. The summed E-state index contributed by atoms with van der Waals surface area (Å²) < 4.78 is 33.9. The van der Waals surface area contributed by atoms with E-state index < -0.39 is 5.92 Å². The van der Waals surface area contributed by atoms with Crippen LogP contribution >= 0.6 is 0 Å². The van der Waals surface area contributed by atoms with Gasteiger partial charge in [-0.15, -0.1) is 0 Å². The summed E-state index contributed by atoms with van der Waals surface area (Å²) in [7, 11) is 3.15. The molecule has 1 atom stereocenters. The van der Waals surface area contributed by atoms with E-state index in [0.717, 1.165) is 11.1 Å². The monoisotopic (exact) mass is 486 g/mol. The van der Waals surface area contributed by atoms with Gasteiger partial charge < -0.3 is 28.4 Å². The van der Waals surface area contributed by atoms with E-state index in [-0.39, 0.29) is 23.9 Å². The number of carbonyl (C=O) groups excluding carboxylic acids is 2. The molecule has 0 aliphatic carbocycles. The van der Waals surface area contributed by atoms with Crippen LogP contribution in [0.15, 0.2) is 54.3 Å². The van der Waals surface area contributed by atoms with Crippen molar-refractivity contribution in [3.63, 3.8) is 0 Å². The van der Waals surface area contributed by atoms with E-state index in [1.165, 1.54) is 0 Å². The zero-order chi connectivity index (χ0) is 24.8. The Balaban J connectivity index is 1.44. The standard InChI is InChI=1S/C28H22O8/c1-31-17-5-3-15(4-6-17)11-21-26(30)18-7-8-20-25(27(18)36-21)19(14-24(29)35-20)16-12-22(32-2)28-23(13-16)33-9-10-34-28/h3-8,11-13,19H,9-10,14H2,1-2H3/b21-11-/t19-/m1/s1. The van der Waals surface area contributed by atoms with Gasteiger partial charge in [-0.1, -0.05) is 12.1 Å². The summed E-state index contributed by atoms with van der Waals surface area (Å²) >= 11 is 0. The minimum atomic E-state index is -0.436. The second kappa shape index (κ2) is 8.64. The van der Waals surface area contributed by atoms with Crippen molar-refractivity contribution in [1.82, 2.24) is 0 Å². The molecule has 0 amide bonds. The van der Waals surface area contributed by atoms with E-state index in [9.17, 15) is 9.59 Å². The van der Waals surface area contributed by atoms with Crippen LogP contribution in [-0.4, -0.2) is 39.2 Å². The summed E-state index contributed by atoms with van der Waals surface area (Å²) in [6.45, 7) is 0.837. The Morgan fingerprint density at radius 1 is 0.861 bits per heavy atom. The van der Waals surface area contributed by atoms with E-state index in [0.29, 0.717) is 58.8 Å². The Labute approximate surface area is 206 Å². The van der Waals surface area contributed by atoms with Crippen LogP contribution in [0.2, 0.25) is 0 Å². The molecule has 0 aromatic heterocycles. The molecule has 36 heavy (non-hydrogen) atoms. The summed E-state index contributed by atoms with van der Waals surface area (Å²) in [6, 6.07) is 14.2. The number of fused-ring (bicyclic) bond motifs is 4. The van der Waals surface area contributed by atoms with E-state index in [1.54, 1.807) is 32.4 Å². The van der Waals surface area contributed by atoms with Crippen LogP contribution in [0.1, 0.15) is 39.4 Å². The van der Waals surface area contributed by atoms with Crippen LogP contribution in [0.25, 0.3) is 6.08 Å². The highest BCUT2D eigenvalue weighted by Crippen LogP contribution is 2.51. The first-order valence-corrected chi connectivity index (χ1v) is 11.5. The van der Waals surface area contributed by atoms with Crippen molar-refractivity contribution < 1.29 is 38.0 Å². The Morgan fingerprint density at radius 3 is 2.44 bits per heavy atom. The van der Waals surface area contributed by atoms with E-state index in [2.05, 4.69) is 0 Å². The minimum Gasteiger partial charge on any atom is -0.497 e. The quantitative estimate of drug-likeness (QED) is 0.302. The molecule has 0 unspecified atom stereocenters. The highest BCUT2D eigenvalue weighted by Gasteiger charge is 2.39. The maximum Gasteiger partial charge on any atom is 0.312 e. The topological polar surface area (TPSA) is 89.5 Å². The third-order valence-corrected chi connectivity index (χ3v) is 6.45. The molecule has 0 bridgehead atoms. The number of allylic oxidation sites excluding steroid dienone is 1. The molecule has 182 valence electrons. The normalized spacial score (nSPS) is 18.7. The zero-order valence-electron chi connectivity index (χ0n) is 19.7. The fourth-order valence-electron chi connectivity index (χ4n) is 4.74. The lowest BCUT2D eigenvalue weighted by atomic mass is 9.84. The van der Waals surface area contributed by atoms with Gasteiger partial charge in [0.05, 0.1) is 26.2 Å². The Hall–Kier alpha value is -4.46. The Bertz CT molecular complexity index is 1400. The summed E-state index contributed by atoms with van der Waals surface area (Å²) in [6.07, 6.45) is 1.76. The van der Waals surface area contributed by atoms with Crippen molar-refractivity contribution >= 4 is 17.8 Å². The van der Waals surface area contributed by atoms with Crippen molar-refractivity contribution in [2.45, 2.75) is 12.3 Å². The maximum atomic E-state index is 13.2. The Kier molecular flexibility index (Phi) is 5.29. The highest BCUT2D eigenvalue weighted by atomic mass is 16.6. The van der Waals surface area contributed by atoms with Gasteiger partial charge in [-0.05, 0) is 53.6 Å². The summed E-state index contributed by atoms with van der Waals surface area (Å²) in [5.74, 6) is 2.19. The maximum absolute atomic E-state index is 13.2. The third kappa shape index (κ3) is 3.62. The predicted molar refractivity (Wildman–Crippen MR) is 128 cm³/mol. The lowest BCUT2D eigenvalue weighted by Gasteiger charge is -2.28. The van der Waals surface area contributed by atoms with Gasteiger partial charge in [0, 0.05) is 11.5 Å². The van der Waals surface area contributed by atoms with Gasteiger partial charge in [0.1, 0.15) is 30.5 Å². The number of ether oxygens (including phenoxy) is 6. The molecule has 8 heteroatoms. The van der Waals surface area contributed by atoms with Crippen molar-refractivity contribution in [1.29, 1.82) is 0 Å². The van der Waals surface area contributed by atoms with Gasteiger partial charge in [0.25, 0.3) is 0 Å². The molecule has 3 aromatic carbocycles. The number of rotatable bonds is 4. The van der Waals surface area contributed by atoms with Crippen LogP contribution < -0.4 is 28.4 Å². The van der Waals surface area contributed by atoms with Gasteiger partial charge in [0.15, 0.2) is 17.3 Å². The molecule has 0 saturated heterocycles. The first kappa shape index (κ1) is 22.0. The van der Waals surface area contributed by atoms with Crippen LogP contribution in [-0.2, 0) is 4.79 Å². The second-order valence-corrected chi connectivity index (χ2v) is 8.55. The van der Waals surface area contributed by atoms with E-state index in [4.69, 9.17) is 28.4 Å². The van der Waals surface area contributed by atoms with Crippen LogP contribution in [0, 0.1) is 0 Å². The zero-order valence-corrected chi connectivity index (χ0v) is 19.7. The van der Waals surface area contributed by atoms with E-state index in [1.807, 2.05) is 36.4 Å². The highest BCUT2D eigenvalue weighted by molar-refractivity contribution is 6.15. The van der Waals surface area contributed by atoms with Crippen LogP contribution in [0.5, 0.6) is 34.5 Å². The van der Waals surface area contributed by atoms with Gasteiger partial charge in [-0.2, -0.15) is 0 Å². The number of hydrogen-bond donors (Lipinski definition) is 0. The molecule has 0 spiro atoms. The lowest BCUT2D eigenvalue weighted by Crippen LogP contribution is -2.22. The molecule has 0 N–H and O–H groups in total. The van der Waals surface area contributed by atoms with Gasteiger partial charge in [-0.25, -0.2) is 0 Å². The SMILES string of the molecule is COc1ccc(/C=C2\Oc3c(ccc4c3[C@@H](c3cc(OC)c5c(c3)OCCO5)CC(=O)O4)C2=O)cc1. The lowest BCUT2D eigenvalue weighted by molar-refractivity contribution is -0.135. The number of ketones is 1. The fourth-order valence-corrected chi connectivity index (χ4v) is 4.74. The average molecular weight is 486 g/mol. The molecule has 0 saturated carbocycles. The number of benzene rings is 3. The summed E-state index contributed by atoms with van der Waals surface area (Å²) in [5, 5.41) is 0. The molecular formula is C28H22O8. The summed E-state index contributed by atoms with van der Waals surface area (Å²) in [5.41, 5.74) is 2.62. The van der Waals surface area contributed by atoms with Crippen molar-refractivity contribution in [2.24, 2.45) is 0 Å². The number of Topliss-reactive ketones (excluding diaryl/α,β-unsaturated/α-hetero) is 1. The molecule has 6 rings (SSSR count). The minimum absolute atomic E-state index is 0.0708. The van der Waals surface area contributed by atoms with Crippen molar-refractivity contribution in [2.75, 3.05) is 27.4 Å².